The van der Waals surface area contributed by atoms with Crippen LogP contribution >= 0.6 is 11.3 Å². The van der Waals surface area contributed by atoms with E-state index in [1.165, 1.54) is 41.2 Å². The summed E-state index contributed by atoms with van der Waals surface area (Å²) in [6, 6.07) is 10.8. The molecule has 2 aromatic heterocycles. The van der Waals surface area contributed by atoms with Crippen LogP contribution in [0.3, 0.4) is 0 Å². The fraction of sp³-hybridized carbons (Fsp3) is 0.143. The molecule has 0 saturated carbocycles. The molecule has 0 atom stereocenters. The lowest BCUT2D eigenvalue weighted by Gasteiger charge is -2.09. The van der Waals surface area contributed by atoms with Crippen LogP contribution < -0.4 is 21.3 Å². The minimum Gasteiger partial charge on any atom is -0.496 e. The third-order valence-electron chi connectivity index (χ3n) is 4.66. The summed E-state index contributed by atoms with van der Waals surface area (Å²) in [7, 11) is 1.48. The molecule has 2 aromatic carbocycles. The molecule has 0 aliphatic carbocycles. The van der Waals surface area contributed by atoms with Gasteiger partial charge in [0.2, 0.25) is 5.91 Å². The molecule has 0 saturated heterocycles. The Labute approximate surface area is 179 Å². The molecule has 0 aliphatic heterocycles. The van der Waals surface area contributed by atoms with Gasteiger partial charge in [0.05, 0.1) is 23.7 Å². The van der Waals surface area contributed by atoms with Crippen molar-refractivity contribution in [3.05, 3.63) is 74.5 Å². The van der Waals surface area contributed by atoms with E-state index in [4.69, 9.17) is 4.74 Å². The average molecular weight is 440 g/mol. The van der Waals surface area contributed by atoms with Crippen molar-refractivity contribution in [2.45, 2.75) is 13.0 Å². The number of aromatic amines is 1. The normalized spacial score (nSPS) is 10.9. The van der Waals surface area contributed by atoms with Crippen molar-refractivity contribution in [3.8, 4) is 17.0 Å². The van der Waals surface area contributed by atoms with Crippen molar-refractivity contribution in [1.82, 2.24) is 14.5 Å². The van der Waals surface area contributed by atoms with E-state index in [0.29, 0.717) is 33.0 Å². The maximum absolute atomic E-state index is 13.6. The van der Waals surface area contributed by atoms with E-state index >= 15 is 0 Å². The van der Waals surface area contributed by atoms with Gasteiger partial charge in [0.25, 0.3) is 5.56 Å². The van der Waals surface area contributed by atoms with Gasteiger partial charge in [0, 0.05) is 23.9 Å². The second-order valence-corrected chi connectivity index (χ2v) is 7.47. The number of aryl methyl sites for hydroxylation is 1. The summed E-state index contributed by atoms with van der Waals surface area (Å²) < 4.78 is 20.2. The molecule has 0 spiro atoms. The summed E-state index contributed by atoms with van der Waals surface area (Å²) >= 11 is 1.19. The zero-order valence-corrected chi connectivity index (χ0v) is 17.2. The van der Waals surface area contributed by atoms with Crippen LogP contribution in [-0.2, 0) is 11.3 Å². The number of aromatic nitrogens is 3. The number of H-pyrrole nitrogens is 1. The molecule has 10 heteroatoms. The third kappa shape index (κ3) is 4.24. The Morgan fingerprint density at radius 3 is 2.87 bits per heavy atom. The van der Waals surface area contributed by atoms with Gasteiger partial charge in [0.1, 0.15) is 11.6 Å². The Hall–Kier alpha value is -3.79. The Bertz CT molecular complexity index is 1390. The van der Waals surface area contributed by atoms with Crippen molar-refractivity contribution in [1.29, 1.82) is 0 Å². The molecule has 2 heterocycles. The van der Waals surface area contributed by atoms with Gasteiger partial charge in [-0.15, -0.1) is 11.3 Å². The van der Waals surface area contributed by atoms with Crippen LogP contribution in [-0.4, -0.2) is 27.6 Å². The highest BCUT2D eigenvalue weighted by molar-refractivity contribution is 7.14. The number of carbonyl (C=O) groups is 1. The standard InChI is InChI=1S/C21H17FN4O4S/c1-30-17-7-6-12(22)10-14(17)15-11-31-20(23-15)24-18(27)8-9-26-16-5-3-2-4-13(16)19(28)25-21(26)29/h2-7,10-11H,8-9H2,1H3,(H,23,24,27)(H,25,28,29). The van der Waals surface area contributed by atoms with Crippen LogP contribution in [0.4, 0.5) is 9.52 Å². The maximum atomic E-state index is 13.6. The van der Waals surface area contributed by atoms with Gasteiger partial charge in [-0.1, -0.05) is 12.1 Å². The van der Waals surface area contributed by atoms with Crippen molar-refractivity contribution in [2.75, 3.05) is 12.4 Å². The van der Waals surface area contributed by atoms with Crippen molar-refractivity contribution in [2.24, 2.45) is 0 Å². The highest BCUT2D eigenvalue weighted by Crippen LogP contribution is 2.32. The van der Waals surface area contributed by atoms with E-state index in [2.05, 4.69) is 15.3 Å². The summed E-state index contributed by atoms with van der Waals surface area (Å²) in [5.74, 6) is -0.309. The Morgan fingerprint density at radius 2 is 2.06 bits per heavy atom. The predicted molar refractivity (Wildman–Crippen MR) is 116 cm³/mol. The summed E-state index contributed by atoms with van der Waals surface area (Å²) in [5.41, 5.74) is 0.361. The van der Waals surface area contributed by atoms with Crippen molar-refractivity contribution < 1.29 is 13.9 Å². The van der Waals surface area contributed by atoms with Crippen LogP contribution in [0.25, 0.3) is 22.2 Å². The molecule has 0 radical (unpaired) electrons. The quantitative estimate of drug-likeness (QED) is 0.480. The van der Waals surface area contributed by atoms with Crippen LogP contribution in [0.5, 0.6) is 5.75 Å². The lowest BCUT2D eigenvalue weighted by atomic mass is 10.1. The van der Waals surface area contributed by atoms with Gasteiger partial charge in [0.15, 0.2) is 5.13 Å². The maximum Gasteiger partial charge on any atom is 0.328 e. The number of carbonyl (C=O) groups excluding carboxylic acids is 1. The molecular weight excluding hydrogens is 423 g/mol. The largest absolute Gasteiger partial charge is 0.496 e. The number of nitrogens with one attached hydrogen (secondary N) is 2. The summed E-state index contributed by atoms with van der Waals surface area (Å²) in [6.45, 7) is 0.0813. The van der Waals surface area contributed by atoms with E-state index < -0.39 is 17.1 Å². The van der Waals surface area contributed by atoms with Gasteiger partial charge in [-0.25, -0.2) is 14.2 Å². The van der Waals surface area contributed by atoms with Gasteiger partial charge in [-0.3, -0.25) is 19.1 Å². The fourth-order valence-electron chi connectivity index (χ4n) is 3.19. The van der Waals surface area contributed by atoms with E-state index in [0.717, 1.165) is 0 Å². The monoisotopic (exact) mass is 440 g/mol. The summed E-state index contributed by atoms with van der Waals surface area (Å²) in [6.07, 6.45) is -0.00581. The van der Waals surface area contributed by atoms with Gasteiger partial charge >= 0.3 is 5.69 Å². The molecule has 158 valence electrons. The van der Waals surface area contributed by atoms with Gasteiger partial charge in [-0.05, 0) is 30.3 Å². The second-order valence-electron chi connectivity index (χ2n) is 6.61. The highest BCUT2D eigenvalue weighted by Gasteiger charge is 2.14. The number of hydrogen-bond acceptors (Lipinski definition) is 6. The number of benzene rings is 2. The molecule has 0 bridgehead atoms. The molecule has 2 N–H and O–H groups in total. The highest BCUT2D eigenvalue weighted by atomic mass is 32.1. The summed E-state index contributed by atoms with van der Waals surface area (Å²) in [5, 5.41) is 5.08. The van der Waals surface area contributed by atoms with Crippen LogP contribution in [0.2, 0.25) is 0 Å². The van der Waals surface area contributed by atoms with Gasteiger partial charge < -0.3 is 10.1 Å². The molecule has 4 aromatic rings. The Morgan fingerprint density at radius 1 is 1.26 bits per heavy atom. The number of methoxy groups -OCH3 is 1. The number of halogens is 1. The molecule has 0 fully saturated rings. The summed E-state index contributed by atoms with van der Waals surface area (Å²) in [4.78, 5) is 43.1. The zero-order chi connectivity index (χ0) is 22.0. The third-order valence-corrected chi connectivity index (χ3v) is 5.41. The number of thiazole rings is 1. The number of fused-ring (bicyclic) bond motifs is 1. The zero-order valence-electron chi connectivity index (χ0n) is 16.3. The number of nitrogens with zero attached hydrogens (tertiary/aromatic N) is 2. The van der Waals surface area contributed by atoms with E-state index in [-0.39, 0.29) is 18.9 Å². The van der Waals surface area contributed by atoms with Gasteiger partial charge in [-0.2, -0.15) is 0 Å². The van der Waals surface area contributed by atoms with Crippen molar-refractivity contribution in [3.63, 3.8) is 0 Å². The molecule has 8 nitrogen and oxygen atoms in total. The molecule has 0 unspecified atom stereocenters. The van der Waals surface area contributed by atoms with Crippen LogP contribution in [0, 0.1) is 5.82 Å². The Balaban J connectivity index is 1.49. The second kappa shape index (κ2) is 8.52. The van der Waals surface area contributed by atoms with Crippen LogP contribution in [0.1, 0.15) is 6.42 Å². The topological polar surface area (TPSA) is 106 Å². The first-order valence-electron chi connectivity index (χ1n) is 9.27. The minimum absolute atomic E-state index is 0.00581. The predicted octanol–water partition coefficient (Wildman–Crippen LogP) is 2.99. The number of para-hydroxylation sites is 1. The lowest BCUT2D eigenvalue weighted by Crippen LogP contribution is -2.31. The number of anilines is 1. The SMILES string of the molecule is COc1ccc(F)cc1-c1csc(NC(=O)CCn2c(=O)[nH]c(=O)c3ccccc32)n1. The molecule has 31 heavy (non-hydrogen) atoms. The Kier molecular flexibility index (Phi) is 5.63. The number of ether oxygens (including phenoxy) is 1. The number of rotatable bonds is 6. The van der Waals surface area contributed by atoms with E-state index in [1.807, 2.05) is 0 Å². The lowest BCUT2D eigenvalue weighted by molar-refractivity contribution is -0.116. The smallest absolute Gasteiger partial charge is 0.328 e. The number of hydrogen-bond donors (Lipinski definition) is 2. The average Bonchev–Trinajstić information content (AvgIpc) is 3.21. The first-order chi connectivity index (χ1) is 15.0. The minimum atomic E-state index is -0.578. The van der Waals surface area contributed by atoms with E-state index in [9.17, 15) is 18.8 Å². The first-order valence-corrected chi connectivity index (χ1v) is 10.2. The van der Waals surface area contributed by atoms with Crippen molar-refractivity contribution >= 4 is 33.3 Å². The molecule has 1 amide bonds. The molecular formula is C21H17FN4O4S. The van der Waals surface area contributed by atoms with E-state index in [1.54, 1.807) is 29.6 Å². The molecule has 4 rings (SSSR count). The van der Waals surface area contributed by atoms with Crippen LogP contribution in [0.15, 0.2) is 57.4 Å². The molecule has 0 aliphatic rings. The number of amides is 1. The fourth-order valence-corrected chi connectivity index (χ4v) is 3.92. The first kappa shape index (κ1) is 20.5.